The maximum atomic E-state index is 8.83. The van der Waals surface area contributed by atoms with E-state index in [2.05, 4.69) is 0 Å². The van der Waals surface area contributed by atoms with Crippen molar-refractivity contribution in [1.82, 2.24) is 0 Å². The van der Waals surface area contributed by atoms with Crippen LogP contribution in [0, 0.1) is 6.92 Å². The molecule has 20 heavy (non-hydrogen) atoms. The molecule has 6 N–H and O–H groups in total. The standard InChI is InChI=1S/C7H10BNO2.C6H7BO2/c1-5-2-3-6(9)4-7(5)8(10)11;8-7(9)6-4-2-1-3-5-6/h2-4,10-11H,9H2,1H3;1-5,8-9H. The van der Waals surface area contributed by atoms with Crippen molar-refractivity contribution in [3.05, 3.63) is 54.1 Å². The van der Waals surface area contributed by atoms with Gasteiger partial charge in [0.05, 0.1) is 0 Å². The molecule has 0 aliphatic rings. The number of hydrogen-bond acceptors (Lipinski definition) is 5. The van der Waals surface area contributed by atoms with Gasteiger partial charge in [-0.1, -0.05) is 42.0 Å². The molecule has 0 bridgehead atoms. The van der Waals surface area contributed by atoms with Gasteiger partial charge >= 0.3 is 14.2 Å². The summed E-state index contributed by atoms with van der Waals surface area (Å²) >= 11 is 0. The van der Waals surface area contributed by atoms with Crippen LogP contribution in [0.25, 0.3) is 0 Å². The van der Waals surface area contributed by atoms with Crippen LogP contribution in [0.5, 0.6) is 0 Å². The molecule has 0 aliphatic heterocycles. The number of nitrogens with two attached hydrogens (primary N) is 1. The average Bonchev–Trinajstić information content (AvgIpc) is 2.43. The number of rotatable bonds is 2. The van der Waals surface area contributed by atoms with Crippen LogP contribution >= 0.6 is 0 Å². The molecular formula is C13H17B2NO4. The predicted molar refractivity (Wildman–Crippen MR) is 81.7 cm³/mol. The lowest BCUT2D eigenvalue weighted by molar-refractivity contribution is 0.424. The number of hydrogen-bond donors (Lipinski definition) is 5. The third-order valence-corrected chi connectivity index (χ3v) is 2.68. The van der Waals surface area contributed by atoms with E-state index in [-0.39, 0.29) is 0 Å². The van der Waals surface area contributed by atoms with Crippen LogP contribution in [-0.2, 0) is 0 Å². The van der Waals surface area contributed by atoms with Crippen LogP contribution in [0.2, 0.25) is 0 Å². The summed E-state index contributed by atoms with van der Waals surface area (Å²) < 4.78 is 0. The van der Waals surface area contributed by atoms with E-state index < -0.39 is 14.2 Å². The molecule has 0 saturated heterocycles. The Balaban J connectivity index is 0.000000204. The first-order valence-corrected chi connectivity index (χ1v) is 6.05. The molecule has 104 valence electrons. The minimum atomic E-state index is -1.43. The topological polar surface area (TPSA) is 107 Å². The maximum Gasteiger partial charge on any atom is 0.488 e. The first kappa shape index (κ1) is 16.3. The van der Waals surface area contributed by atoms with Gasteiger partial charge in [0.15, 0.2) is 0 Å². The molecule has 0 fully saturated rings. The monoisotopic (exact) mass is 273 g/mol. The minimum Gasteiger partial charge on any atom is -0.423 e. The lowest BCUT2D eigenvalue weighted by Gasteiger charge is -2.04. The van der Waals surface area contributed by atoms with Crippen LogP contribution in [0.4, 0.5) is 5.69 Å². The van der Waals surface area contributed by atoms with E-state index in [1.807, 2.05) is 6.07 Å². The summed E-state index contributed by atoms with van der Waals surface area (Å²) in [6, 6.07) is 13.7. The second-order valence-electron chi connectivity index (χ2n) is 4.27. The van der Waals surface area contributed by atoms with Crippen molar-refractivity contribution in [3.8, 4) is 0 Å². The van der Waals surface area contributed by atoms with E-state index in [0.717, 1.165) is 5.56 Å². The average molecular weight is 273 g/mol. The molecule has 0 amide bonds. The van der Waals surface area contributed by atoms with Crippen molar-refractivity contribution in [2.45, 2.75) is 6.92 Å². The SMILES string of the molecule is Cc1ccc(N)cc1B(O)O.OB(O)c1ccccc1. The molecule has 0 saturated carbocycles. The highest BCUT2D eigenvalue weighted by Crippen LogP contribution is 2.01. The smallest absolute Gasteiger partial charge is 0.423 e. The van der Waals surface area contributed by atoms with Crippen LogP contribution in [0.15, 0.2) is 48.5 Å². The van der Waals surface area contributed by atoms with Gasteiger partial charge in [0.25, 0.3) is 0 Å². The molecular weight excluding hydrogens is 256 g/mol. The summed E-state index contributed by atoms with van der Waals surface area (Å²) in [5.74, 6) is 0. The molecule has 0 aromatic heterocycles. The van der Waals surface area contributed by atoms with Crippen molar-refractivity contribution in [3.63, 3.8) is 0 Å². The first-order chi connectivity index (χ1) is 9.41. The highest BCUT2D eigenvalue weighted by Gasteiger charge is 2.13. The van der Waals surface area contributed by atoms with E-state index in [1.165, 1.54) is 0 Å². The summed E-state index contributed by atoms with van der Waals surface area (Å²) in [5, 5.41) is 34.8. The van der Waals surface area contributed by atoms with Crippen molar-refractivity contribution in [2.24, 2.45) is 0 Å². The van der Waals surface area contributed by atoms with Gasteiger partial charge in [-0.3, -0.25) is 0 Å². The van der Waals surface area contributed by atoms with Gasteiger partial charge in [-0.2, -0.15) is 0 Å². The van der Waals surface area contributed by atoms with Crippen molar-refractivity contribution >= 4 is 30.8 Å². The van der Waals surface area contributed by atoms with E-state index in [1.54, 1.807) is 49.4 Å². The third kappa shape index (κ3) is 5.06. The van der Waals surface area contributed by atoms with Gasteiger partial charge < -0.3 is 25.8 Å². The molecule has 0 radical (unpaired) electrons. The molecule has 0 atom stereocenters. The number of nitrogen functional groups attached to an aromatic ring is 1. The lowest BCUT2D eigenvalue weighted by Crippen LogP contribution is -2.32. The van der Waals surface area contributed by atoms with E-state index in [4.69, 9.17) is 25.8 Å². The van der Waals surface area contributed by atoms with Gasteiger partial charge in [-0.05, 0) is 30.0 Å². The van der Waals surface area contributed by atoms with Gasteiger partial charge in [0.2, 0.25) is 0 Å². The fraction of sp³-hybridized carbons (Fsp3) is 0.0769. The van der Waals surface area contributed by atoms with E-state index in [9.17, 15) is 0 Å². The Labute approximate surface area is 118 Å². The highest BCUT2D eigenvalue weighted by atomic mass is 16.4. The Bertz CT molecular complexity index is 535. The Kier molecular flexibility index (Phi) is 6.27. The van der Waals surface area contributed by atoms with E-state index in [0.29, 0.717) is 16.6 Å². The summed E-state index contributed by atoms with van der Waals surface area (Å²) in [6.07, 6.45) is 0. The normalized spacial score (nSPS) is 9.45. The third-order valence-electron chi connectivity index (χ3n) is 2.68. The molecule has 2 aromatic rings. The Morgan fingerprint density at radius 1 is 0.850 bits per heavy atom. The van der Waals surface area contributed by atoms with Gasteiger partial charge in [-0.25, -0.2) is 0 Å². The second kappa shape index (κ2) is 7.72. The second-order valence-corrected chi connectivity index (χ2v) is 4.27. The molecule has 0 aliphatic carbocycles. The zero-order valence-electron chi connectivity index (χ0n) is 11.1. The fourth-order valence-electron chi connectivity index (χ4n) is 1.56. The largest absolute Gasteiger partial charge is 0.488 e. The van der Waals surface area contributed by atoms with Crippen molar-refractivity contribution < 1.29 is 20.1 Å². The van der Waals surface area contributed by atoms with Gasteiger partial charge in [0.1, 0.15) is 0 Å². The number of aryl methyl sites for hydroxylation is 1. The lowest BCUT2D eigenvalue weighted by atomic mass is 9.77. The minimum absolute atomic E-state index is 0.463. The Hall–Kier alpha value is -1.79. The molecule has 5 nitrogen and oxygen atoms in total. The van der Waals surface area contributed by atoms with Crippen LogP contribution < -0.4 is 16.7 Å². The Morgan fingerprint density at radius 2 is 1.45 bits per heavy atom. The Morgan fingerprint density at radius 3 is 1.85 bits per heavy atom. The molecule has 7 heteroatoms. The fourth-order valence-corrected chi connectivity index (χ4v) is 1.56. The zero-order valence-corrected chi connectivity index (χ0v) is 11.1. The number of benzene rings is 2. The van der Waals surface area contributed by atoms with Gasteiger partial charge in [0, 0.05) is 5.69 Å². The molecule has 0 spiro atoms. The summed E-state index contributed by atoms with van der Waals surface area (Å²) in [4.78, 5) is 0. The van der Waals surface area contributed by atoms with Crippen LogP contribution in [-0.4, -0.2) is 34.3 Å². The maximum absolute atomic E-state index is 8.83. The van der Waals surface area contributed by atoms with Gasteiger partial charge in [-0.15, -0.1) is 0 Å². The summed E-state index contributed by atoms with van der Waals surface area (Å²) in [6.45, 7) is 1.80. The number of anilines is 1. The summed E-state index contributed by atoms with van der Waals surface area (Å²) in [5.41, 5.74) is 7.80. The van der Waals surface area contributed by atoms with Crippen molar-refractivity contribution in [2.75, 3.05) is 5.73 Å². The first-order valence-electron chi connectivity index (χ1n) is 6.05. The molecule has 2 aromatic carbocycles. The molecule has 0 unspecified atom stereocenters. The van der Waals surface area contributed by atoms with Crippen LogP contribution in [0.3, 0.4) is 0 Å². The zero-order chi connectivity index (χ0) is 15.1. The van der Waals surface area contributed by atoms with E-state index >= 15 is 0 Å². The quantitative estimate of drug-likeness (QED) is 0.342. The van der Waals surface area contributed by atoms with Crippen LogP contribution in [0.1, 0.15) is 5.56 Å². The van der Waals surface area contributed by atoms with Crippen molar-refractivity contribution in [1.29, 1.82) is 0 Å². The molecule has 0 heterocycles. The molecule has 2 rings (SSSR count). The summed E-state index contributed by atoms with van der Waals surface area (Å²) in [7, 11) is -2.77. The predicted octanol–water partition coefficient (Wildman–Crippen LogP) is -1.38. The highest BCUT2D eigenvalue weighted by molar-refractivity contribution is 6.59.